The minimum absolute atomic E-state index is 0. The molecule has 1 N–H and O–H groups in total. The summed E-state index contributed by atoms with van der Waals surface area (Å²) in [7, 11) is 1.59. The van der Waals surface area contributed by atoms with Crippen LogP contribution in [0, 0.1) is 5.82 Å². The Morgan fingerprint density at radius 2 is 2.00 bits per heavy atom. The van der Waals surface area contributed by atoms with Crippen molar-refractivity contribution in [1.82, 2.24) is 5.32 Å². The van der Waals surface area contributed by atoms with Gasteiger partial charge >= 0.3 is 0 Å². The second-order valence-corrected chi connectivity index (χ2v) is 6.04. The van der Waals surface area contributed by atoms with Crippen molar-refractivity contribution < 1.29 is 13.9 Å². The number of ether oxygens (including phenoxy) is 2. The van der Waals surface area contributed by atoms with Crippen LogP contribution in [0.5, 0.6) is 11.5 Å². The van der Waals surface area contributed by atoms with Crippen LogP contribution < -0.4 is 14.8 Å². The molecule has 0 bridgehead atoms. The van der Waals surface area contributed by atoms with E-state index in [1.807, 2.05) is 18.2 Å². The lowest BCUT2D eigenvalue weighted by atomic mass is 10.2. The second kappa shape index (κ2) is 8.56. The molecule has 6 heteroatoms. The highest BCUT2D eigenvalue weighted by molar-refractivity contribution is 6.31. The fourth-order valence-electron chi connectivity index (χ4n) is 2.31. The summed E-state index contributed by atoms with van der Waals surface area (Å²) >= 11 is 6.01. The van der Waals surface area contributed by atoms with Crippen LogP contribution in [0.25, 0.3) is 0 Å². The van der Waals surface area contributed by atoms with E-state index in [-0.39, 0.29) is 24.8 Å². The van der Waals surface area contributed by atoms with Gasteiger partial charge in [0.25, 0.3) is 0 Å². The van der Waals surface area contributed by atoms with Gasteiger partial charge in [-0.15, -0.1) is 12.4 Å². The summed E-state index contributed by atoms with van der Waals surface area (Å²) in [5.41, 5.74) is 1.47. The van der Waals surface area contributed by atoms with Crippen molar-refractivity contribution in [2.75, 3.05) is 7.11 Å². The molecule has 0 amide bonds. The molecule has 0 unspecified atom stereocenters. The highest BCUT2D eigenvalue weighted by atomic mass is 35.5. The van der Waals surface area contributed by atoms with E-state index in [0.29, 0.717) is 28.1 Å². The van der Waals surface area contributed by atoms with Gasteiger partial charge in [-0.3, -0.25) is 0 Å². The molecule has 0 radical (unpaired) electrons. The van der Waals surface area contributed by atoms with Crippen molar-refractivity contribution in [2.24, 2.45) is 0 Å². The summed E-state index contributed by atoms with van der Waals surface area (Å²) < 4.78 is 24.9. The minimum Gasteiger partial charge on any atom is -0.493 e. The van der Waals surface area contributed by atoms with Crippen LogP contribution in [0.4, 0.5) is 4.39 Å². The normalized spacial score (nSPS) is 13.3. The van der Waals surface area contributed by atoms with Gasteiger partial charge in [0.15, 0.2) is 11.5 Å². The Hall–Kier alpha value is -1.49. The number of nitrogens with one attached hydrogen (secondary N) is 1. The molecule has 0 heterocycles. The zero-order valence-electron chi connectivity index (χ0n) is 13.4. The Labute approximate surface area is 152 Å². The molecule has 3 rings (SSSR count). The lowest BCUT2D eigenvalue weighted by molar-refractivity contribution is 0.279. The van der Waals surface area contributed by atoms with Crippen LogP contribution >= 0.6 is 24.0 Å². The van der Waals surface area contributed by atoms with E-state index in [1.54, 1.807) is 19.2 Å². The molecule has 1 aliphatic rings. The van der Waals surface area contributed by atoms with Crippen LogP contribution in [0.1, 0.15) is 24.0 Å². The molecule has 0 aliphatic heterocycles. The summed E-state index contributed by atoms with van der Waals surface area (Å²) in [5.74, 6) is 0.830. The highest BCUT2D eigenvalue weighted by Gasteiger charge is 2.20. The SMILES string of the molecule is COc1cc(CNC2CC2)ccc1OCc1c(F)cccc1Cl.Cl. The zero-order chi connectivity index (χ0) is 16.2. The average molecular weight is 372 g/mol. The maximum absolute atomic E-state index is 13.8. The summed E-state index contributed by atoms with van der Waals surface area (Å²) in [6.07, 6.45) is 2.50. The summed E-state index contributed by atoms with van der Waals surface area (Å²) in [4.78, 5) is 0. The first-order chi connectivity index (χ1) is 11.2. The molecule has 1 fully saturated rings. The van der Waals surface area contributed by atoms with E-state index < -0.39 is 0 Å². The number of hydrogen-bond acceptors (Lipinski definition) is 3. The molecule has 1 aliphatic carbocycles. The molecule has 0 aromatic heterocycles. The van der Waals surface area contributed by atoms with Crippen molar-refractivity contribution in [3.05, 3.63) is 58.4 Å². The third kappa shape index (κ3) is 4.76. The number of rotatable bonds is 7. The molecule has 1 saturated carbocycles. The van der Waals surface area contributed by atoms with Gasteiger partial charge in [0, 0.05) is 18.2 Å². The molecule has 0 atom stereocenters. The topological polar surface area (TPSA) is 30.5 Å². The summed E-state index contributed by atoms with van der Waals surface area (Å²) in [6, 6.07) is 11.0. The molecule has 0 saturated heterocycles. The molecular weight excluding hydrogens is 352 g/mol. The Kier molecular flexibility index (Phi) is 6.72. The second-order valence-electron chi connectivity index (χ2n) is 5.63. The number of benzene rings is 2. The predicted molar refractivity (Wildman–Crippen MR) is 95.8 cm³/mol. The molecule has 2 aromatic rings. The van der Waals surface area contributed by atoms with Crippen molar-refractivity contribution in [3.8, 4) is 11.5 Å². The van der Waals surface area contributed by atoms with Gasteiger partial charge in [-0.05, 0) is 42.7 Å². The highest BCUT2D eigenvalue weighted by Crippen LogP contribution is 2.30. The fraction of sp³-hybridized carbons (Fsp3) is 0.333. The van der Waals surface area contributed by atoms with Gasteiger partial charge in [-0.2, -0.15) is 0 Å². The summed E-state index contributed by atoms with van der Waals surface area (Å²) in [5, 5.41) is 3.81. The first kappa shape index (κ1) is 18.8. The molecule has 0 spiro atoms. The smallest absolute Gasteiger partial charge is 0.161 e. The lowest BCUT2D eigenvalue weighted by Gasteiger charge is -2.13. The number of methoxy groups -OCH3 is 1. The van der Waals surface area contributed by atoms with Gasteiger partial charge < -0.3 is 14.8 Å². The third-order valence-electron chi connectivity index (χ3n) is 3.83. The van der Waals surface area contributed by atoms with E-state index >= 15 is 0 Å². The number of hydrogen-bond donors (Lipinski definition) is 1. The maximum atomic E-state index is 13.8. The first-order valence-electron chi connectivity index (χ1n) is 7.63. The van der Waals surface area contributed by atoms with Crippen LogP contribution in [0.3, 0.4) is 0 Å². The molecule has 24 heavy (non-hydrogen) atoms. The predicted octanol–water partition coefficient (Wildman–Crippen LogP) is 4.74. The summed E-state index contributed by atoms with van der Waals surface area (Å²) in [6.45, 7) is 0.863. The van der Waals surface area contributed by atoms with Gasteiger partial charge in [-0.1, -0.05) is 23.7 Å². The molecular formula is C18H20Cl2FNO2. The van der Waals surface area contributed by atoms with Crippen molar-refractivity contribution in [1.29, 1.82) is 0 Å². The Balaban J connectivity index is 0.00000208. The van der Waals surface area contributed by atoms with E-state index in [4.69, 9.17) is 21.1 Å². The minimum atomic E-state index is -0.373. The van der Waals surface area contributed by atoms with Gasteiger partial charge in [0.2, 0.25) is 0 Å². The monoisotopic (exact) mass is 371 g/mol. The van der Waals surface area contributed by atoms with Crippen LogP contribution in [0.15, 0.2) is 36.4 Å². The number of halogens is 3. The van der Waals surface area contributed by atoms with Crippen LogP contribution in [-0.4, -0.2) is 13.2 Å². The van der Waals surface area contributed by atoms with Gasteiger partial charge in [0.05, 0.1) is 12.1 Å². The third-order valence-corrected chi connectivity index (χ3v) is 4.19. The van der Waals surface area contributed by atoms with Crippen molar-refractivity contribution in [3.63, 3.8) is 0 Å². The van der Waals surface area contributed by atoms with Crippen molar-refractivity contribution >= 4 is 24.0 Å². The Bertz CT molecular complexity index is 672. The van der Waals surface area contributed by atoms with E-state index in [2.05, 4.69) is 5.32 Å². The standard InChI is InChI=1S/C18H19ClFNO2.ClH/c1-22-18-9-12(10-21-13-6-7-13)5-8-17(18)23-11-14-15(19)3-2-4-16(14)20;/h2-5,8-9,13,21H,6-7,10-11H2,1H3;1H. The zero-order valence-corrected chi connectivity index (χ0v) is 14.9. The largest absolute Gasteiger partial charge is 0.493 e. The van der Waals surface area contributed by atoms with Crippen LogP contribution in [-0.2, 0) is 13.2 Å². The average Bonchev–Trinajstić information content (AvgIpc) is 3.37. The first-order valence-corrected chi connectivity index (χ1v) is 8.01. The van der Waals surface area contributed by atoms with E-state index in [1.165, 1.54) is 18.9 Å². The van der Waals surface area contributed by atoms with E-state index in [9.17, 15) is 4.39 Å². The quantitative estimate of drug-likeness (QED) is 0.762. The molecule has 2 aromatic carbocycles. The fourth-order valence-corrected chi connectivity index (χ4v) is 2.53. The van der Waals surface area contributed by atoms with E-state index in [0.717, 1.165) is 12.1 Å². The Morgan fingerprint density at radius 1 is 1.21 bits per heavy atom. The molecule has 130 valence electrons. The van der Waals surface area contributed by atoms with Gasteiger partial charge in [-0.25, -0.2) is 4.39 Å². The van der Waals surface area contributed by atoms with Crippen molar-refractivity contribution in [2.45, 2.75) is 32.0 Å². The Morgan fingerprint density at radius 3 is 2.67 bits per heavy atom. The maximum Gasteiger partial charge on any atom is 0.161 e. The lowest BCUT2D eigenvalue weighted by Crippen LogP contribution is -2.15. The van der Waals surface area contributed by atoms with Crippen LogP contribution in [0.2, 0.25) is 5.02 Å². The van der Waals surface area contributed by atoms with Gasteiger partial charge in [0.1, 0.15) is 12.4 Å². The molecule has 3 nitrogen and oxygen atoms in total.